The molecule has 1 saturated heterocycles. The molecule has 0 radical (unpaired) electrons. The molecule has 0 aromatic heterocycles. The molecule has 4 nitrogen and oxygen atoms in total. The van der Waals surface area contributed by atoms with Crippen LogP contribution < -0.4 is 4.90 Å². The Kier molecular flexibility index (Phi) is 4.48. The van der Waals surface area contributed by atoms with E-state index >= 15 is 0 Å². The molecule has 20 heavy (non-hydrogen) atoms. The number of benzene rings is 1. The van der Waals surface area contributed by atoms with Gasteiger partial charge in [0, 0.05) is 13.1 Å². The first-order chi connectivity index (χ1) is 9.69. The first kappa shape index (κ1) is 14.2. The third kappa shape index (κ3) is 2.70. The number of nitrogens with zero attached hydrogens (tertiary/aromatic N) is 2. The first-order valence-electron chi connectivity index (χ1n) is 6.56. The first-order valence-corrected chi connectivity index (χ1v) is 6.56. The van der Waals surface area contributed by atoms with Gasteiger partial charge in [0.15, 0.2) is 0 Å². The summed E-state index contributed by atoms with van der Waals surface area (Å²) in [6, 6.07) is 8.59. The normalized spacial score (nSPS) is 18.6. The molecule has 0 unspecified atom stereocenters. The van der Waals surface area contributed by atoms with Crippen molar-refractivity contribution in [2.24, 2.45) is 0 Å². The van der Waals surface area contributed by atoms with E-state index in [1.165, 1.54) is 4.90 Å². The molecular formula is C16H18N2O2. The summed E-state index contributed by atoms with van der Waals surface area (Å²) in [5.41, 5.74) is 0.627. The van der Waals surface area contributed by atoms with Gasteiger partial charge >= 0.3 is 0 Å². The number of anilines is 1. The van der Waals surface area contributed by atoms with Gasteiger partial charge in [0.25, 0.3) is 5.91 Å². The van der Waals surface area contributed by atoms with Gasteiger partial charge in [0.1, 0.15) is 0 Å². The number of carbonyl (C=O) groups excluding carboxylic acids is 2. The van der Waals surface area contributed by atoms with Crippen LogP contribution in [-0.2, 0) is 9.59 Å². The predicted molar refractivity (Wildman–Crippen MR) is 79.3 cm³/mol. The van der Waals surface area contributed by atoms with Crippen LogP contribution >= 0.6 is 0 Å². The largest absolute Gasteiger partial charge is 0.284 e. The van der Waals surface area contributed by atoms with Crippen molar-refractivity contribution in [1.29, 1.82) is 0 Å². The standard InChI is InChI=1S/C16H18N2O2/c1-3-10-17(11-4-2)14-12-15(19)18(16(14)20)13-8-6-5-7-9-13/h3-9,14H,1-2,10-12H2/t14-/m1/s1. The number of rotatable bonds is 6. The molecule has 1 fully saturated rings. The molecular weight excluding hydrogens is 252 g/mol. The minimum Gasteiger partial charge on any atom is -0.284 e. The lowest BCUT2D eigenvalue weighted by Crippen LogP contribution is -2.42. The maximum absolute atomic E-state index is 12.5. The molecule has 0 N–H and O–H groups in total. The van der Waals surface area contributed by atoms with Crippen molar-refractivity contribution in [2.45, 2.75) is 12.5 Å². The fourth-order valence-corrected chi connectivity index (χ4v) is 2.41. The van der Waals surface area contributed by atoms with Gasteiger partial charge in [0.05, 0.1) is 18.2 Å². The highest BCUT2D eigenvalue weighted by molar-refractivity contribution is 6.22. The number of amides is 2. The van der Waals surface area contributed by atoms with E-state index in [0.717, 1.165) is 0 Å². The molecule has 2 rings (SSSR count). The zero-order chi connectivity index (χ0) is 14.5. The topological polar surface area (TPSA) is 40.6 Å². The third-order valence-electron chi connectivity index (χ3n) is 3.31. The van der Waals surface area contributed by atoms with E-state index in [1.807, 2.05) is 23.1 Å². The monoisotopic (exact) mass is 270 g/mol. The zero-order valence-electron chi connectivity index (χ0n) is 11.4. The van der Waals surface area contributed by atoms with Gasteiger partial charge in [-0.1, -0.05) is 30.4 Å². The fourth-order valence-electron chi connectivity index (χ4n) is 2.41. The van der Waals surface area contributed by atoms with Crippen LogP contribution in [0.5, 0.6) is 0 Å². The summed E-state index contributed by atoms with van der Waals surface area (Å²) in [6.45, 7) is 8.49. The van der Waals surface area contributed by atoms with Gasteiger partial charge in [-0.3, -0.25) is 14.5 Å². The quantitative estimate of drug-likeness (QED) is 0.586. The van der Waals surface area contributed by atoms with Gasteiger partial charge in [0.2, 0.25) is 5.91 Å². The third-order valence-corrected chi connectivity index (χ3v) is 3.31. The van der Waals surface area contributed by atoms with Crippen LogP contribution in [0.3, 0.4) is 0 Å². The van der Waals surface area contributed by atoms with Gasteiger partial charge in [-0.2, -0.15) is 0 Å². The van der Waals surface area contributed by atoms with E-state index in [9.17, 15) is 9.59 Å². The lowest BCUT2D eigenvalue weighted by molar-refractivity contribution is -0.122. The highest BCUT2D eigenvalue weighted by Gasteiger charge is 2.41. The van der Waals surface area contributed by atoms with E-state index in [0.29, 0.717) is 18.8 Å². The average molecular weight is 270 g/mol. The highest BCUT2D eigenvalue weighted by Crippen LogP contribution is 2.25. The Labute approximate surface area is 119 Å². The number of imide groups is 1. The van der Waals surface area contributed by atoms with Crippen molar-refractivity contribution in [3.8, 4) is 0 Å². The summed E-state index contributed by atoms with van der Waals surface area (Å²) in [6.07, 6.45) is 3.66. The average Bonchev–Trinajstić information content (AvgIpc) is 2.75. The minimum absolute atomic E-state index is 0.163. The van der Waals surface area contributed by atoms with E-state index < -0.39 is 6.04 Å². The zero-order valence-corrected chi connectivity index (χ0v) is 11.4. The summed E-state index contributed by atoms with van der Waals surface area (Å²) in [5, 5.41) is 0. The van der Waals surface area contributed by atoms with Gasteiger partial charge in [-0.15, -0.1) is 13.2 Å². The molecule has 0 saturated carbocycles. The van der Waals surface area contributed by atoms with Crippen LogP contribution in [0.2, 0.25) is 0 Å². The Morgan fingerprint density at radius 2 is 1.75 bits per heavy atom. The number of carbonyl (C=O) groups is 2. The van der Waals surface area contributed by atoms with E-state index in [4.69, 9.17) is 0 Å². The number of hydrogen-bond acceptors (Lipinski definition) is 3. The van der Waals surface area contributed by atoms with Crippen molar-refractivity contribution in [1.82, 2.24) is 4.90 Å². The van der Waals surface area contributed by atoms with Crippen molar-refractivity contribution in [3.63, 3.8) is 0 Å². The summed E-state index contributed by atoms with van der Waals surface area (Å²) in [4.78, 5) is 27.8. The van der Waals surface area contributed by atoms with Crippen LogP contribution in [0.1, 0.15) is 6.42 Å². The van der Waals surface area contributed by atoms with Crippen LogP contribution in [0.25, 0.3) is 0 Å². The summed E-state index contributed by atoms with van der Waals surface area (Å²) >= 11 is 0. The molecule has 1 aliphatic heterocycles. The maximum atomic E-state index is 12.5. The van der Waals surface area contributed by atoms with E-state index in [2.05, 4.69) is 13.2 Å². The van der Waals surface area contributed by atoms with Gasteiger partial charge < -0.3 is 0 Å². The molecule has 104 valence electrons. The molecule has 4 heteroatoms. The van der Waals surface area contributed by atoms with Crippen LogP contribution in [0.15, 0.2) is 55.6 Å². The maximum Gasteiger partial charge on any atom is 0.251 e. The molecule has 1 aromatic rings. The Morgan fingerprint density at radius 3 is 2.30 bits per heavy atom. The van der Waals surface area contributed by atoms with E-state index in [-0.39, 0.29) is 18.2 Å². The Bertz CT molecular complexity index is 515. The summed E-state index contributed by atoms with van der Waals surface area (Å²) in [5.74, 6) is -0.339. The molecule has 0 bridgehead atoms. The molecule has 1 atom stereocenters. The molecule has 0 spiro atoms. The number of hydrogen-bond donors (Lipinski definition) is 0. The summed E-state index contributed by atoms with van der Waals surface area (Å²) < 4.78 is 0. The van der Waals surface area contributed by atoms with E-state index in [1.54, 1.807) is 24.3 Å². The van der Waals surface area contributed by atoms with Crippen molar-refractivity contribution in [3.05, 3.63) is 55.6 Å². The second-order valence-corrected chi connectivity index (χ2v) is 4.65. The SMILES string of the molecule is C=CCN(CC=C)[C@@H]1CC(=O)N(c2ccccc2)C1=O. The minimum atomic E-state index is -0.432. The lowest BCUT2D eigenvalue weighted by atomic mass is 10.2. The molecule has 1 heterocycles. The molecule has 2 amide bonds. The van der Waals surface area contributed by atoms with Crippen LogP contribution in [0, 0.1) is 0 Å². The predicted octanol–water partition coefficient (Wildman–Crippen LogP) is 1.99. The van der Waals surface area contributed by atoms with Gasteiger partial charge in [-0.05, 0) is 12.1 Å². The van der Waals surface area contributed by atoms with Crippen molar-refractivity contribution in [2.75, 3.05) is 18.0 Å². The van der Waals surface area contributed by atoms with Crippen molar-refractivity contribution < 1.29 is 9.59 Å². The molecule has 0 aliphatic carbocycles. The second kappa shape index (κ2) is 6.30. The Morgan fingerprint density at radius 1 is 1.15 bits per heavy atom. The van der Waals surface area contributed by atoms with Gasteiger partial charge in [-0.25, -0.2) is 4.90 Å². The van der Waals surface area contributed by atoms with Crippen molar-refractivity contribution >= 4 is 17.5 Å². The molecule has 1 aromatic carbocycles. The number of para-hydroxylation sites is 1. The Hall–Kier alpha value is -2.20. The van der Waals surface area contributed by atoms with Crippen LogP contribution in [-0.4, -0.2) is 35.8 Å². The molecule has 1 aliphatic rings. The Balaban J connectivity index is 2.23. The smallest absolute Gasteiger partial charge is 0.251 e. The highest BCUT2D eigenvalue weighted by atomic mass is 16.2. The second-order valence-electron chi connectivity index (χ2n) is 4.65. The summed E-state index contributed by atoms with van der Waals surface area (Å²) in [7, 11) is 0. The lowest BCUT2D eigenvalue weighted by Gasteiger charge is -2.24. The fraction of sp³-hybridized carbons (Fsp3) is 0.250. The van der Waals surface area contributed by atoms with Crippen LogP contribution in [0.4, 0.5) is 5.69 Å².